The predicted octanol–water partition coefficient (Wildman–Crippen LogP) is 3.47. The van der Waals surface area contributed by atoms with Crippen molar-refractivity contribution in [3.8, 4) is 0 Å². The van der Waals surface area contributed by atoms with E-state index in [1.807, 2.05) is 24.3 Å². The molecule has 3 N–H and O–H groups in total. The number of para-hydroxylation sites is 1. The molecule has 1 saturated heterocycles. The molecule has 3 heterocycles. The van der Waals surface area contributed by atoms with Crippen LogP contribution in [0.1, 0.15) is 23.2 Å². The fourth-order valence-corrected chi connectivity index (χ4v) is 3.22. The van der Waals surface area contributed by atoms with Gasteiger partial charge in [-0.25, -0.2) is 4.98 Å². The minimum absolute atomic E-state index is 0. The Balaban J connectivity index is 0.00000210. The van der Waals surface area contributed by atoms with Crippen LogP contribution in [-0.2, 0) is 0 Å². The topological polar surface area (TPSA) is 78.9 Å². The number of halogens is 1. The Kier molecular flexibility index (Phi) is 6.21. The Labute approximate surface area is 164 Å². The lowest BCUT2D eigenvalue weighted by molar-refractivity contribution is 0.102. The second kappa shape index (κ2) is 8.79. The Hall–Kier alpha value is -2.70. The lowest BCUT2D eigenvalue weighted by Gasteiger charge is -2.24. The average Bonchev–Trinajstić information content (AvgIpc) is 2.69. The quantitative estimate of drug-likeness (QED) is 0.643. The number of nitrogens with one attached hydrogen (secondary N) is 3. The zero-order valence-corrected chi connectivity index (χ0v) is 15.6. The molecule has 0 spiro atoms. The van der Waals surface area contributed by atoms with Gasteiger partial charge >= 0.3 is 0 Å². The van der Waals surface area contributed by atoms with Gasteiger partial charge < -0.3 is 16.0 Å². The molecule has 1 aromatic carbocycles. The van der Waals surface area contributed by atoms with Gasteiger partial charge in [-0.3, -0.25) is 9.78 Å². The van der Waals surface area contributed by atoms with E-state index >= 15 is 0 Å². The van der Waals surface area contributed by atoms with Crippen molar-refractivity contribution in [2.75, 3.05) is 23.7 Å². The first kappa shape index (κ1) is 19.1. The fraction of sp³-hybridized carbons (Fsp3) is 0.250. The first-order valence-corrected chi connectivity index (χ1v) is 8.88. The fourth-order valence-electron chi connectivity index (χ4n) is 3.22. The van der Waals surface area contributed by atoms with Gasteiger partial charge in [0.2, 0.25) is 0 Å². The van der Waals surface area contributed by atoms with Crippen LogP contribution in [-0.4, -0.2) is 35.0 Å². The third-order valence-electron chi connectivity index (χ3n) is 4.59. The Morgan fingerprint density at radius 1 is 1.04 bits per heavy atom. The molecule has 140 valence electrons. The number of aromatic nitrogens is 2. The predicted molar refractivity (Wildman–Crippen MR) is 111 cm³/mol. The van der Waals surface area contributed by atoms with Crippen LogP contribution >= 0.6 is 12.4 Å². The molecule has 1 amide bonds. The van der Waals surface area contributed by atoms with Gasteiger partial charge in [0.15, 0.2) is 0 Å². The van der Waals surface area contributed by atoms with Gasteiger partial charge in [0.25, 0.3) is 5.91 Å². The van der Waals surface area contributed by atoms with Gasteiger partial charge in [0.05, 0.1) is 11.1 Å². The summed E-state index contributed by atoms with van der Waals surface area (Å²) in [6, 6.07) is 13.6. The molecule has 1 fully saturated rings. The van der Waals surface area contributed by atoms with Crippen LogP contribution in [0.5, 0.6) is 0 Å². The minimum Gasteiger partial charge on any atom is -0.367 e. The average molecular weight is 384 g/mol. The van der Waals surface area contributed by atoms with Crippen molar-refractivity contribution in [2.24, 2.45) is 0 Å². The molecular formula is C20H22ClN5O. The van der Waals surface area contributed by atoms with E-state index in [-0.39, 0.29) is 18.3 Å². The van der Waals surface area contributed by atoms with E-state index < -0.39 is 0 Å². The van der Waals surface area contributed by atoms with Crippen molar-refractivity contribution in [3.05, 3.63) is 60.4 Å². The number of hydrogen-bond acceptors (Lipinski definition) is 5. The molecule has 0 atom stereocenters. The summed E-state index contributed by atoms with van der Waals surface area (Å²) in [5.41, 5.74) is 1.98. The number of anilines is 2. The van der Waals surface area contributed by atoms with E-state index in [0.717, 1.165) is 37.1 Å². The van der Waals surface area contributed by atoms with Crippen molar-refractivity contribution in [1.82, 2.24) is 15.3 Å². The summed E-state index contributed by atoms with van der Waals surface area (Å²) >= 11 is 0. The first-order chi connectivity index (χ1) is 12.8. The van der Waals surface area contributed by atoms with E-state index in [1.54, 1.807) is 30.6 Å². The highest BCUT2D eigenvalue weighted by atomic mass is 35.5. The van der Waals surface area contributed by atoms with Gasteiger partial charge in [-0.15, -0.1) is 12.4 Å². The van der Waals surface area contributed by atoms with Gasteiger partial charge in [-0.05, 0) is 56.3 Å². The second-order valence-electron chi connectivity index (χ2n) is 6.43. The van der Waals surface area contributed by atoms with Crippen LogP contribution in [0.3, 0.4) is 0 Å². The third kappa shape index (κ3) is 4.53. The molecule has 1 aliphatic rings. The molecule has 0 unspecified atom stereocenters. The van der Waals surface area contributed by atoms with Crippen molar-refractivity contribution >= 4 is 40.7 Å². The molecule has 3 aromatic rings. The number of pyridine rings is 2. The maximum Gasteiger partial charge on any atom is 0.257 e. The summed E-state index contributed by atoms with van der Waals surface area (Å²) in [5, 5.41) is 10.7. The highest BCUT2D eigenvalue weighted by Gasteiger charge is 2.15. The molecule has 27 heavy (non-hydrogen) atoms. The maximum absolute atomic E-state index is 12.7. The van der Waals surface area contributed by atoms with Crippen LogP contribution in [0.2, 0.25) is 0 Å². The molecule has 0 bridgehead atoms. The molecule has 6 nitrogen and oxygen atoms in total. The van der Waals surface area contributed by atoms with Crippen molar-refractivity contribution in [3.63, 3.8) is 0 Å². The molecule has 0 radical (unpaired) electrons. The smallest absolute Gasteiger partial charge is 0.257 e. The lowest BCUT2D eigenvalue weighted by atomic mass is 10.1. The van der Waals surface area contributed by atoms with Gasteiger partial charge in [-0.1, -0.05) is 12.1 Å². The molecule has 4 rings (SSSR count). The number of carbonyl (C=O) groups excluding carboxylic acids is 1. The van der Waals surface area contributed by atoms with E-state index in [0.29, 0.717) is 22.8 Å². The van der Waals surface area contributed by atoms with Crippen LogP contribution < -0.4 is 16.0 Å². The zero-order valence-electron chi connectivity index (χ0n) is 14.8. The molecule has 2 aromatic heterocycles. The van der Waals surface area contributed by atoms with Crippen molar-refractivity contribution in [2.45, 2.75) is 18.9 Å². The van der Waals surface area contributed by atoms with Crippen LogP contribution in [0.15, 0.2) is 54.9 Å². The molecular weight excluding hydrogens is 362 g/mol. The van der Waals surface area contributed by atoms with Gasteiger partial charge in [0, 0.05) is 29.5 Å². The summed E-state index contributed by atoms with van der Waals surface area (Å²) in [6.07, 6.45) is 5.45. The summed E-state index contributed by atoms with van der Waals surface area (Å²) < 4.78 is 0. The first-order valence-electron chi connectivity index (χ1n) is 8.88. The van der Waals surface area contributed by atoms with Gasteiger partial charge in [-0.2, -0.15) is 0 Å². The van der Waals surface area contributed by atoms with E-state index in [4.69, 9.17) is 4.98 Å². The maximum atomic E-state index is 12.7. The summed E-state index contributed by atoms with van der Waals surface area (Å²) in [4.78, 5) is 21.4. The number of fused-ring (bicyclic) bond motifs is 1. The number of hydrogen-bond donors (Lipinski definition) is 3. The van der Waals surface area contributed by atoms with Crippen LogP contribution in [0.4, 0.5) is 11.5 Å². The normalized spacial score (nSPS) is 14.4. The zero-order chi connectivity index (χ0) is 17.8. The SMILES string of the molecule is Cl.O=C(Nc1ccncc1)c1cccc2ccc(NC3CCNCC3)nc12. The summed E-state index contributed by atoms with van der Waals surface area (Å²) in [5.74, 6) is 0.641. The number of rotatable bonds is 4. The number of piperidine rings is 1. The Bertz CT molecular complexity index is 913. The molecule has 1 aliphatic heterocycles. The number of nitrogens with zero attached hydrogens (tertiary/aromatic N) is 2. The summed E-state index contributed by atoms with van der Waals surface area (Å²) in [7, 11) is 0. The monoisotopic (exact) mass is 383 g/mol. The lowest BCUT2D eigenvalue weighted by Crippen LogP contribution is -2.35. The van der Waals surface area contributed by atoms with E-state index in [9.17, 15) is 4.79 Å². The highest BCUT2D eigenvalue weighted by molar-refractivity contribution is 6.12. The minimum atomic E-state index is -0.173. The number of amides is 1. The largest absolute Gasteiger partial charge is 0.367 e. The van der Waals surface area contributed by atoms with Crippen molar-refractivity contribution in [1.29, 1.82) is 0 Å². The molecule has 0 saturated carbocycles. The second-order valence-corrected chi connectivity index (χ2v) is 6.43. The molecule has 7 heteroatoms. The number of benzene rings is 1. The summed E-state index contributed by atoms with van der Waals surface area (Å²) in [6.45, 7) is 2.04. The molecule has 0 aliphatic carbocycles. The van der Waals surface area contributed by atoms with E-state index in [1.165, 1.54) is 0 Å². The van der Waals surface area contributed by atoms with Crippen LogP contribution in [0, 0.1) is 0 Å². The van der Waals surface area contributed by atoms with Crippen LogP contribution in [0.25, 0.3) is 10.9 Å². The van der Waals surface area contributed by atoms with Crippen molar-refractivity contribution < 1.29 is 4.79 Å². The Morgan fingerprint density at radius 2 is 1.81 bits per heavy atom. The highest BCUT2D eigenvalue weighted by Crippen LogP contribution is 2.21. The van der Waals surface area contributed by atoms with Gasteiger partial charge in [0.1, 0.15) is 5.82 Å². The standard InChI is InChI=1S/C20H21N5O.ClH/c26-20(24-16-8-12-22-13-9-16)17-3-1-2-14-4-5-18(25-19(14)17)23-15-6-10-21-11-7-15;/h1-5,8-9,12-13,15,21H,6-7,10-11H2,(H,23,25)(H,22,24,26);1H. The Morgan fingerprint density at radius 3 is 2.59 bits per heavy atom. The third-order valence-corrected chi connectivity index (χ3v) is 4.59. The van der Waals surface area contributed by atoms with E-state index in [2.05, 4.69) is 20.9 Å². The number of carbonyl (C=O) groups is 1.